The van der Waals surface area contributed by atoms with Crippen LogP contribution in [0.25, 0.3) is 0 Å². The van der Waals surface area contributed by atoms with Gasteiger partial charge in [-0.3, -0.25) is 9.05 Å². The lowest BCUT2D eigenvalue weighted by molar-refractivity contribution is 0.0392. The van der Waals surface area contributed by atoms with Crippen LogP contribution in [0, 0.1) is 17.7 Å². The van der Waals surface area contributed by atoms with Crippen LogP contribution < -0.4 is 5.73 Å². The normalized spacial score (nSPS) is 25.5. The zero-order valence-electron chi connectivity index (χ0n) is 16.1. The highest BCUT2D eigenvalue weighted by Gasteiger charge is 2.42. The molecule has 1 aliphatic heterocycles. The first-order chi connectivity index (χ1) is 13.3. The van der Waals surface area contributed by atoms with E-state index in [2.05, 4.69) is 29.4 Å². The molecule has 1 rings (SSSR count). The molecule has 5 atom stereocenters. The lowest BCUT2D eigenvalue weighted by Gasteiger charge is -2.19. The maximum atomic E-state index is 11.9. The van der Waals surface area contributed by atoms with Crippen LogP contribution in [0.3, 0.4) is 0 Å². The molecule has 1 fully saturated rings. The van der Waals surface area contributed by atoms with Crippen molar-refractivity contribution in [1.29, 1.82) is 0 Å². The summed E-state index contributed by atoms with van der Waals surface area (Å²) in [4.78, 5) is 28.5. The van der Waals surface area contributed by atoms with Gasteiger partial charge in [0.15, 0.2) is 0 Å². The van der Waals surface area contributed by atoms with Crippen molar-refractivity contribution >= 4 is 30.7 Å². The van der Waals surface area contributed by atoms with Gasteiger partial charge in [-0.1, -0.05) is 13.8 Å². The van der Waals surface area contributed by atoms with Crippen LogP contribution in [0.5, 0.6) is 0 Å². The molecule has 0 aromatic carbocycles. The number of hydrogen-bond donors (Lipinski definition) is 4. The summed E-state index contributed by atoms with van der Waals surface area (Å²) >= 11 is 0. The van der Waals surface area contributed by atoms with E-state index < -0.39 is 36.2 Å². The van der Waals surface area contributed by atoms with Gasteiger partial charge in [-0.2, -0.15) is 14.4 Å². The van der Waals surface area contributed by atoms with E-state index in [1.54, 1.807) is 7.28 Å². The Kier molecular flexibility index (Phi) is 11.3. The second kappa shape index (κ2) is 12.1. The number of nitrogens with two attached hydrogens (primary N) is 1. The highest BCUT2D eigenvalue weighted by Crippen LogP contribution is 2.67. The van der Waals surface area contributed by atoms with Gasteiger partial charge in [-0.05, 0) is 25.2 Å². The van der Waals surface area contributed by atoms with Gasteiger partial charge in [-0.25, -0.2) is 13.7 Å². The van der Waals surface area contributed by atoms with Crippen LogP contribution in [0.1, 0.15) is 33.1 Å². The summed E-state index contributed by atoms with van der Waals surface area (Å²) < 4.78 is 57.9. The first-order valence-corrected chi connectivity index (χ1v) is 13.2. The number of hydrogen-bond acceptors (Lipinski definition) is 9. The summed E-state index contributed by atoms with van der Waals surface area (Å²) in [5, 5.41) is 0. The van der Waals surface area contributed by atoms with Gasteiger partial charge in [-0.15, -0.1) is 5.92 Å². The first kappa shape index (κ1) is 27.0. The molecule has 12 nitrogen and oxygen atoms in total. The van der Waals surface area contributed by atoms with Gasteiger partial charge >= 0.3 is 23.5 Å². The fraction of sp³-hybridized carbons (Fsp3) is 0.846. The van der Waals surface area contributed by atoms with Crippen molar-refractivity contribution in [1.82, 2.24) is 0 Å². The molecule has 16 heteroatoms. The zero-order valence-corrected chi connectivity index (χ0v) is 18.8. The topological polar surface area (TPSA) is 184 Å². The van der Waals surface area contributed by atoms with Crippen molar-refractivity contribution in [3.8, 4) is 11.7 Å². The fourth-order valence-corrected chi connectivity index (χ4v) is 5.64. The van der Waals surface area contributed by atoms with Gasteiger partial charge in [0.1, 0.15) is 0 Å². The van der Waals surface area contributed by atoms with E-state index in [1.807, 2.05) is 13.8 Å². The zero-order chi connectivity index (χ0) is 22.1. The molecule has 1 radical (unpaired) electrons. The predicted molar refractivity (Wildman–Crippen MR) is 103 cm³/mol. The van der Waals surface area contributed by atoms with Crippen molar-refractivity contribution < 1.29 is 50.8 Å². The summed E-state index contributed by atoms with van der Waals surface area (Å²) in [5.41, 5.74) is 5.24. The minimum Gasteiger partial charge on any atom is -0.380 e. The molecule has 0 spiro atoms. The van der Waals surface area contributed by atoms with Gasteiger partial charge < -0.3 is 25.2 Å². The van der Waals surface area contributed by atoms with E-state index in [1.165, 1.54) is 0 Å². The summed E-state index contributed by atoms with van der Waals surface area (Å²) in [6.07, 6.45) is 0.868. The van der Waals surface area contributed by atoms with E-state index in [0.29, 0.717) is 19.3 Å². The van der Waals surface area contributed by atoms with Crippen LogP contribution in [0.15, 0.2) is 0 Å². The van der Waals surface area contributed by atoms with Crippen molar-refractivity contribution in [2.45, 2.75) is 45.2 Å². The Labute approximate surface area is 170 Å². The molecule has 1 aliphatic rings. The Morgan fingerprint density at radius 3 is 2.31 bits per heavy atom. The lowest BCUT2D eigenvalue weighted by atomic mass is 9.71. The summed E-state index contributed by atoms with van der Waals surface area (Å²) in [6.45, 7) is 3.20. The molecule has 1 saturated heterocycles. The third kappa shape index (κ3) is 12.4. The van der Waals surface area contributed by atoms with Gasteiger partial charge in [0.05, 0.1) is 25.9 Å². The number of ether oxygens (including phenoxy) is 1. The Morgan fingerprint density at radius 1 is 1.10 bits per heavy atom. The average molecular weight is 476 g/mol. The third-order valence-electron chi connectivity index (χ3n) is 3.40. The Balaban J connectivity index is 2.47. The molecule has 0 amide bonds. The maximum Gasteiger partial charge on any atom is 0.490 e. The molecule has 1 heterocycles. The molecule has 5 N–H and O–H groups in total. The van der Waals surface area contributed by atoms with Crippen LogP contribution in [-0.4, -0.2) is 53.8 Å². The smallest absolute Gasteiger partial charge is 0.380 e. The predicted octanol–water partition coefficient (Wildman–Crippen LogP) is 1.53. The Bertz CT molecular complexity index is 725. The summed E-state index contributed by atoms with van der Waals surface area (Å²) in [7, 11) is -13.9. The minimum absolute atomic E-state index is 0.140. The van der Waals surface area contributed by atoms with Crippen LogP contribution in [-0.2, 0) is 36.1 Å². The molecule has 29 heavy (non-hydrogen) atoms. The minimum atomic E-state index is -5.44. The van der Waals surface area contributed by atoms with Crippen molar-refractivity contribution in [3.63, 3.8) is 0 Å². The van der Waals surface area contributed by atoms with Crippen LogP contribution in [0.2, 0.25) is 0 Å². The second-order valence-electron chi connectivity index (χ2n) is 6.45. The average Bonchev–Trinajstić information content (AvgIpc) is 2.98. The maximum absolute atomic E-state index is 11.9. The highest BCUT2D eigenvalue weighted by atomic mass is 31.3. The van der Waals surface area contributed by atoms with Gasteiger partial charge in [0.2, 0.25) is 0 Å². The highest BCUT2D eigenvalue weighted by molar-refractivity contribution is 7.66. The van der Waals surface area contributed by atoms with Crippen molar-refractivity contribution in [2.75, 3.05) is 19.8 Å². The molecule has 3 unspecified atom stereocenters. The van der Waals surface area contributed by atoms with E-state index >= 15 is 0 Å². The van der Waals surface area contributed by atoms with Crippen LogP contribution in [0.4, 0.5) is 0 Å². The monoisotopic (exact) mass is 476 g/mol. The molecular formula is C13H26BNO11P3. The quantitative estimate of drug-likeness (QED) is 0.181. The third-order valence-corrected chi connectivity index (χ3v) is 7.69. The van der Waals surface area contributed by atoms with Crippen molar-refractivity contribution in [2.24, 2.45) is 11.7 Å². The first-order valence-electron chi connectivity index (χ1n) is 8.71. The Hall–Kier alpha value is -0.0451. The van der Waals surface area contributed by atoms with E-state index in [0.717, 1.165) is 0 Å². The number of phosphoric acid groups is 3. The van der Waals surface area contributed by atoms with Gasteiger partial charge in [0.25, 0.3) is 7.28 Å². The Morgan fingerprint density at radius 2 is 1.72 bits per heavy atom. The molecule has 167 valence electrons. The summed E-state index contributed by atoms with van der Waals surface area (Å²) in [6, 6.07) is -0.308. The second-order valence-corrected chi connectivity index (χ2v) is 11.1. The summed E-state index contributed by atoms with van der Waals surface area (Å²) in [5.74, 6) is 5.48. The van der Waals surface area contributed by atoms with Crippen molar-refractivity contribution in [3.05, 3.63) is 0 Å². The fourth-order valence-electron chi connectivity index (χ4n) is 2.09. The van der Waals surface area contributed by atoms with E-state index in [9.17, 15) is 28.4 Å². The molecule has 0 aromatic heterocycles. The van der Waals surface area contributed by atoms with Gasteiger partial charge in [0, 0.05) is 6.00 Å². The molecule has 0 aliphatic carbocycles. The SMILES string of the molecule is CC(C)CCOP(=O)(O)OP(=O)(O)OP(=O)(O)OC[C@@H]1CC[C@H]([B]C#CCN)O1. The van der Waals surface area contributed by atoms with Crippen LogP contribution >= 0.6 is 23.5 Å². The van der Waals surface area contributed by atoms with E-state index in [-0.39, 0.29) is 25.1 Å². The molecular weight excluding hydrogens is 450 g/mol. The number of rotatable bonds is 12. The number of phosphoric ester groups is 2. The molecule has 0 aromatic rings. The largest absolute Gasteiger partial charge is 0.490 e. The lowest BCUT2D eigenvalue weighted by Crippen LogP contribution is -2.20. The molecule has 0 bridgehead atoms. The van der Waals surface area contributed by atoms with E-state index in [4.69, 9.17) is 10.5 Å². The molecule has 0 saturated carbocycles. The standard InChI is InChI=1S/C13H26BNO11P3/c1-11(2)6-9-22-27(16,17)25-29(20,21)26-28(18,19)23-10-12-4-5-13(24-12)14-7-3-8-15/h11-13H,4-6,8-10,15H2,1-2H3,(H,16,17)(H,18,19)(H,20,21)/t12-,13+/m0/s1.